The topological polar surface area (TPSA) is 77.2 Å². The van der Waals surface area contributed by atoms with Gasteiger partial charge in [-0.1, -0.05) is 13.3 Å². The van der Waals surface area contributed by atoms with Crippen molar-refractivity contribution >= 4 is 22.4 Å². The molecule has 2 aromatic heterocycles. The van der Waals surface area contributed by atoms with Gasteiger partial charge in [0.15, 0.2) is 16.8 Å². The summed E-state index contributed by atoms with van der Waals surface area (Å²) in [4.78, 5) is 22.6. The Bertz CT molecular complexity index is 978. The molecule has 1 amide bonds. The van der Waals surface area contributed by atoms with Crippen LogP contribution in [0.4, 0.5) is 5.13 Å². The van der Waals surface area contributed by atoms with E-state index in [4.69, 9.17) is 9.15 Å². The van der Waals surface area contributed by atoms with Gasteiger partial charge in [0.25, 0.3) is 0 Å². The lowest BCUT2D eigenvalue weighted by Crippen LogP contribution is -2.13. The summed E-state index contributed by atoms with van der Waals surface area (Å²) >= 11 is 1.62. The molecule has 3 aromatic rings. The molecule has 7 heteroatoms. The van der Waals surface area contributed by atoms with Gasteiger partial charge in [-0.3, -0.25) is 4.79 Å². The molecule has 0 saturated heterocycles. The average Bonchev–Trinajstić information content (AvgIpc) is 3.38. The molecular formula is C22H25N3O3S. The molecular weight excluding hydrogens is 386 g/mol. The molecule has 0 bridgehead atoms. The van der Waals surface area contributed by atoms with Gasteiger partial charge in [-0.05, 0) is 49.4 Å². The van der Waals surface area contributed by atoms with Gasteiger partial charge < -0.3 is 14.5 Å². The molecule has 1 N–H and O–H groups in total. The van der Waals surface area contributed by atoms with Gasteiger partial charge in [0.1, 0.15) is 5.75 Å². The number of rotatable bonds is 7. The van der Waals surface area contributed by atoms with E-state index in [0.717, 1.165) is 35.8 Å². The number of thiazole rings is 1. The largest absolute Gasteiger partial charge is 0.497 e. The van der Waals surface area contributed by atoms with Crippen LogP contribution in [-0.2, 0) is 24.1 Å². The minimum Gasteiger partial charge on any atom is -0.497 e. The molecule has 0 radical (unpaired) electrons. The Morgan fingerprint density at radius 3 is 2.93 bits per heavy atom. The predicted octanol–water partition coefficient (Wildman–Crippen LogP) is 4.89. The SMILES string of the molecule is CCC1CCc2nc(NC(=O)CCc3ncc(-c4ccc(OC)cc4)o3)sc2C1. The first-order chi connectivity index (χ1) is 14.1. The smallest absolute Gasteiger partial charge is 0.226 e. The lowest BCUT2D eigenvalue weighted by Gasteiger charge is -2.18. The minimum absolute atomic E-state index is 0.0627. The van der Waals surface area contributed by atoms with E-state index in [-0.39, 0.29) is 5.91 Å². The summed E-state index contributed by atoms with van der Waals surface area (Å²) in [5.41, 5.74) is 2.08. The molecule has 6 nitrogen and oxygen atoms in total. The highest BCUT2D eigenvalue weighted by Gasteiger charge is 2.22. The Kier molecular flexibility index (Phi) is 5.94. The first-order valence-corrected chi connectivity index (χ1v) is 10.8. The fraction of sp³-hybridized carbons (Fsp3) is 0.409. The molecule has 0 aliphatic heterocycles. The van der Waals surface area contributed by atoms with Crippen LogP contribution in [0.25, 0.3) is 11.3 Å². The number of aryl methyl sites for hydroxylation is 2. The summed E-state index contributed by atoms with van der Waals surface area (Å²) in [6.45, 7) is 2.24. The van der Waals surface area contributed by atoms with Crippen molar-refractivity contribution in [2.45, 2.75) is 45.4 Å². The highest BCUT2D eigenvalue weighted by molar-refractivity contribution is 7.15. The molecule has 1 aliphatic rings. The van der Waals surface area contributed by atoms with Crippen molar-refractivity contribution in [2.75, 3.05) is 12.4 Å². The van der Waals surface area contributed by atoms with Crippen LogP contribution in [0.5, 0.6) is 5.75 Å². The number of oxazole rings is 1. The van der Waals surface area contributed by atoms with Gasteiger partial charge in [-0.25, -0.2) is 9.97 Å². The van der Waals surface area contributed by atoms with Gasteiger partial charge >= 0.3 is 0 Å². The number of ether oxygens (including phenoxy) is 1. The predicted molar refractivity (Wildman–Crippen MR) is 113 cm³/mol. The van der Waals surface area contributed by atoms with Crippen LogP contribution < -0.4 is 10.1 Å². The maximum absolute atomic E-state index is 12.3. The summed E-state index contributed by atoms with van der Waals surface area (Å²) in [6, 6.07) is 7.59. The van der Waals surface area contributed by atoms with E-state index in [9.17, 15) is 4.79 Å². The molecule has 0 fully saturated rings. The van der Waals surface area contributed by atoms with Gasteiger partial charge in [0.05, 0.1) is 19.0 Å². The van der Waals surface area contributed by atoms with Crippen molar-refractivity contribution in [2.24, 2.45) is 5.92 Å². The van der Waals surface area contributed by atoms with Crippen molar-refractivity contribution < 1.29 is 13.9 Å². The standard InChI is InChI=1S/C22H25N3O3S/c1-3-14-4-9-17-19(12-14)29-22(24-17)25-20(26)10-11-21-23-13-18(28-21)15-5-7-16(27-2)8-6-15/h5-8,13-14H,3-4,9-12H2,1-2H3,(H,24,25,26). The molecule has 4 rings (SSSR count). The van der Waals surface area contributed by atoms with Gasteiger partial charge in [0, 0.05) is 23.3 Å². The summed E-state index contributed by atoms with van der Waals surface area (Å²) in [5.74, 6) is 2.71. The van der Waals surface area contributed by atoms with Crippen molar-refractivity contribution in [1.82, 2.24) is 9.97 Å². The summed E-state index contributed by atoms with van der Waals surface area (Å²) in [6.07, 6.45) is 6.95. The molecule has 1 unspecified atom stereocenters. The number of hydrogen-bond acceptors (Lipinski definition) is 6. The lowest BCUT2D eigenvalue weighted by molar-refractivity contribution is -0.116. The zero-order valence-corrected chi connectivity index (χ0v) is 17.6. The second-order valence-corrected chi connectivity index (χ2v) is 8.38. The first kappa shape index (κ1) is 19.6. The van der Waals surface area contributed by atoms with Crippen molar-refractivity contribution in [3.8, 4) is 17.1 Å². The number of fused-ring (bicyclic) bond motifs is 1. The second-order valence-electron chi connectivity index (χ2n) is 7.30. The normalized spacial score (nSPS) is 15.7. The molecule has 1 atom stereocenters. The van der Waals surface area contributed by atoms with Crippen molar-refractivity contribution in [1.29, 1.82) is 0 Å². The van der Waals surface area contributed by atoms with Crippen molar-refractivity contribution in [3.05, 3.63) is 46.9 Å². The maximum atomic E-state index is 12.3. The van der Waals surface area contributed by atoms with Crippen LogP contribution in [0, 0.1) is 5.92 Å². The van der Waals surface area contributed by atoms with E-state index in [0.29, 0.717) is 29.6 Å². The van der Waals surface area contributed by atoms with Gasteiger partial charge in [-0.2, -0.15) is 0 Å². The molecule has 2 heterocycles. The monoisotopic (exact) mass is 411 g/mol. The van der Waals surface area contributed by atoms with Gasteiger partial charge in [-0.15, -0.1) is 11.3 Å². The summed E-state index contributed by atoms with van der Waals surface area (Å²) in [7, 11) is 1.63. The first-order valence-electron chi connectivity index (χ1n) is 10.0. The number of benzene rings is 1. The van der Waals surface area contributed by atoms with Gasteiger partial charge in [0.2, 0.25) is 5.91 Å². The van der Waals surface area contributed by atoms with Crippen LogP contribution in [0.1, 0.15) is 42.6 Å². The third kappa shape index (κ3) is 4.67. The Balaban J connectivity index is 1.31. The number of amides is 1. The van der Waals surface area contributed by atoms with E-state index < -0.39 is 0 Å². The molecule has 0 saturated carbocycles. The summed E-state index contributed by atoms with van der Waals surface area (Å²) < 4.78 is 11.0. The quantitative estimate of drug-likeness (QED) is 0.599. The number of carbonyl (C=O) groups excluding carboxylic acids is 1. The number of nitrogens with one attached hydrogen (secondary N) is 1. The molecule has 29 heavy (non-hydrogen) atoms. The highest BCUT2D eigenvalue weighted by Crippen LogP contribution is 2.33. The molecule has 0 spiro atoms. The van der Waals surface area contributed by atoms with Crippen LogP contribution in [0.2, 0.25) is 0 Å². The Morgan fingerprint density at radius 2 is 2.17 bits per heavy atom. The van der Waals surface area contributed by atoms with Crippen LogP contribution in [-0.4, -0.2) is 23.0 Å². The zero-order valence-electron chi connectivity index (χ0n) is 16.7. The summed E-state index contributed by atoms with van der Waals surface area (Å²) in [5, 5.41) is 3.65. The number of carbonyl (C=O) groups is 1. The van der Waals surface area contributed by atoms with E-state index in [1.807, 2.05) is 24.3 Å². The van der Waals surface area contributed by atoms with E-state index >= 15 is 0 Å². The zero-order chi connectivity index (χ0) is 20.2. The Morgan fingerprint density at radius 1 is 1.34 bits per heavy atom. The van der Waals surface area contributed by atoms with E-state index in [1.54, 1.807) is 24.6 Å². The third-order valence-electron chi connectivity index (χ3n) is 5.36. The maximum Gasteiger partial charge on any atom is 0.226 e. The third-order valence-corrected chi connectivity index (χ3v) is 6.39. The number of anilines is 1. The number of hydrogen-bond donors (Lipinski definition) is 1. The molecule has 152 valence electrons. The van der Waals surface area contributed by atoms with Crippen LogP contribution in [0.15, 0.2) is 34.9 Å². The fourth-order valence-corrected chi connectivity index (χ4v) is 4.70. The van der Waals surface area contributed by atoms with Crippen molar-refractivity contribution in [3.63, 3.8) is 0 Å². The number of methoxy groups -OCH3 is 1. The average molecular weight is 412 g/mol. The fourth-order valence-electron chi connectivity index (χ4n) is 3.56. The number of nitrogens with zero attached hydrogens (tertiary/aromatic N) is 2. The second kappa shape index (κ2) is 8.78. The van der Waals surface area contributed by atoms with Crippen LogP contribution in [0.3, 0.4) is 0 Å². The highest BCUT2D eigenvalue weighted by atomic mass is 32.1. The van der Waals surface area contributed by atoms with Crippen LogP contribution >= 0.6 is 11.3 Å². The number of aromatic nitrogens is 2. The Hall–Kier alpha value is -2.67. The molecule has 1 aromatic carbocycles. The lowest BCUT2D eigenvalue weighted by atomic mass is 9.89. The van der Waals surface area contributed by atoms with E-state index in [1.165, 1.54) is 17.7 Å². The minimum atomic E-state index is -0.0627. The Labute approximate surface area is 174 Å². The van der Waals surface area contributed by atoms with E-state index in [2.05, 4.69) is 22.2 Å². The molecule has 1 aliphatic carbocycles.